The second kappa shape index (κ2) is 5.66. The Hall–Kier alpha value is -3.73. The first-order valence-corrected chi connectivity index (χ1v) is 10.2. The molecule has 2 atom stereocenters. The molecule has 1 aromatic heterocycles. The van der Waals surface area contributed by atoms with Crippen LogP contribution in [0.25, 0.3) is 10.9 Å². The maximum absolute atomic E-state index is 13.3. The summed E-state index contributed by atoms with van der Waals surface area (Å²) in [5, 5.41) is 1.21. The van der Waals surface area contributed by atoms with E-state index in [0.717, 1.165) is 39.4 Å². The van der Waals surface area contributed by atoms with E-state index < -0.39 is 0 Å². The molecule has 30 heavy (non-hydrogen) atoms. The van der Waals surface area contributed by atoms with Crippen molar-refractivity contribution in [2.45, 2.75) is 12.0 Å². The minimum absolute atomic E-state index is 0.0557. The van der Waals surface area contributed by atoms with Crippen LogP contribution >= 0.6 is 0 Å². The number of rotatable bonds is 1. The Morgan fingerprint density at radius 3 is 2.73 bits per heavy atom. The molecule has 1 amide bonds. The van der Waals surface area contributed by atoms with E-state index in [-0.39, 0.29) is 24.7 Å². The molecule has 3 aliphatic rings. The standard InChI is InChI=1S/C25H18N2O3/c28-25-16-6-2-1-5-15(16)24-23-22(17-7-3-4-8-19(17)26-23)18(12-27(24)25)14-9-10-20-21(11-14)30-13-29-20/h1-11,18,24,26H,12-13H2/t18-,24+/m0/s1. The average Bonchev–Trinajstić information content (AvgIpc) is 3.47. The van der Waals surface area contributed by atoms with E-state index in [1.807, 2.05) is 35.2 Å². The summed E-state index contributed by atoms with van der Waals surface area (Å²) in [6.45, 7) is 0.885. The number of para-hydroxylation sites is 1. The van der Waals surface area contributed by atoms with Crippen molar-refractivity contribution < 1.29 is 14.3 Å². The van der Waals surface area contributed by atoms with Crippen molar-refractivity contribution >= 4 is 16.8 Å². The fourth-order valence-corrected chi connectivity index (χ4v) is 5.34. The van der Waals surface area contributed by atoms with E-state index in [1.165, 1.54) is 10.9 Å². The highest BCUT2D eigenvalue weighted by Gasteiger charge is 2.45. The predicted molar refractivity (Wildman–Crippen MR) is 112 cm³/mol. The van der Waals surface area contributed by atoms with Crippen molar-refractivity contribution in [1.29, 1.82) is 0 Å². The predicted octanol–water partition coefficient (Wildman–Crippen LogP) is 4.59. The van der Waals surface area contributed by atoms with Crippen molar-refractivity contribution in [1.82, 2.24) is 9.88 Å². The fraction of sp³-hybridized carbons (Fsp3) is 0.160. The van der Waals surface area contributed by atoms with Gasteiger partial charge in [-0.1, -0.05) is 42.5 Å². The average molecular weight is 394 g/mol. The lowest BCUT2D eigenvalue weighted by atomic mass is 9.83. The molecule has 0 saturated heterocycles. The van der Waals surface area contributed by atoms with Crippen LogP contribution in [0.2, 0.25) is 0 Å². The van der Waals surface area contributed by atoms with Crippen molar-refractivity contribution in [2.24, 2.45) is 0 Å². The molecule has 4 aromatic rings. The van der Waals surface area contributed by atoms with Crippen LogP contribution in [0, 0.1) is 0 Å². The van der Waals surface area contributed by atoms with Gasteiger partial charge in [0.2, 0.25) is 6.79 Å². The van der Waals surface area contributed by atoms with Crippen molar-refractivity contribution in [3.8, 4) is 11.5 Å². The minimum atomic E-state index is -0.0682. The monoisotopic (exact) mass is 394 g/mol. The van der Waals surface area contributed by atoms with Crippen LogP contribution in [0.1, 0.15) is 44.7 Å². The van der Waals surface area contributed by atoms with Crippen LogP contribution in [0.4, 0.5) is 0 Å². The molecular weight excluding hydrogens is 376 g/mol. The lowest BCUT2D eigenvalue weighted by Gasteiger charge is -2.36. The molecule has 0 saturated carbocycles. The van der Waals surface area contributed by atoms with E-state index in [0.29, 0.717) is 6.54 Å². The fourth-order valence-electron chi connectivity index (χ4n) is 5.34. The van der Waals surface area contributed by atoms with Crippen molar-refractivity contribution in [3.05, 3.63) is 94.7 Å². The number of ether oxygens (including phenoxy) is 2. The van der Waals surface area contributed by atoms with E-state index in [1.54, 1.807) is 0 Å². The van der Waals surface area contributed by atoms with Gasteiger partial charge in [0.25, 0.3) is 5.91 Å². The maximum Gasteiger partial charge on any atom is 0.255 e. The molecule has 0 unspecified atom stereocenters. The van der Waals surface area contributed by atoms with Crippen molar-refractivity contribution in [2.75, 3.05) is 13.3 Å². The van der Waals surface area contributed by atoms with E-state index in [2.05, 4.69) is 41.4 Å². The Morgan fingerprint density at radius 1 is 0.933 bits per heavy atom. The van der Waals surface area contributed by atoms with Crippen LogP contribution in [-0.4, -0.2) is 29.1 Å². The Balaban J connectivity index is 1.48. The molecule has 1 N–H and O–H groups in total. The topological polar surface area (TPSA) is 54.6 Å². The first kappa shape index (κ1) is 16.1. The molecule has 7 rings (SSSR count). The van der Waals surface area contributed by atoms with E-state index in [4.69, 9.17) is 9.47 Å². The molecule has 3 aromatic carbocycles. The zero-order valence-corrected chi connectivity index (χ0v) is 16.1. The third kappa shape index (κ3) is 1.99. The summed E-state index contributed by atoms with van der Waals surface area (Å²) in [4.78, 5) is 19.0. The molecule has 0 fully saturated rings. The summed E-state index contributed by atoms with van der Waals surface area (Å²) in [6.07, 6.45) is 0. The lowest BCUT2D eigenvalue weighted by Crippen LogP contribution is -2.37. The number of hydrogen-bond donors (Lipinski definition) is 1. The summed E-state index contributed by atoms with van der Waals surface area (Å²) in [5.74, 6) is 1.70. The molecule has 0 radical (unpaired) electrons. The second-order valence-corrected chi connectivity index (χ2v) is 8.11. The van der Waals surface area contributed by atoms with Crippen LogP contribution in [0.5, 0.6) is 11.5 Å². The number of benzene rings is 3. The molecular formula is C25H18N2O3. The van der Waals surface area contributed by atoms with Gasteiger partial charge in [0.15, 0.2) is 11.5 Å². The van der Waals surface area contributed by atoms with Crippen molar-refractivity contribution in [3.63, 3.8) is 0 Å². The zero-order chi connectivity index (χ0) is 19.8. The van der Waals surface area contributed by atoms with Gasteiger partial charge in [-0.3, -0.25) is 4.79 Å². The SMILES string of the molecule is O=C1c2ccccc2[C@@H]2c3[nH]c4ccccc4c3[C@H](c3ccc4c(c3)OCO4)CN12. The number of carbonyl (C=O) groups excluding carboxylic acids is 1. The number of amides is 1. The van der Waals surface area contributed by atoms with Gasteiger partial charge < -0.3 is 19.4 Å². The van der Waals surface area contributed by atoms with Gasteiger partial charge in [-0.2, -0.15) is 0 Å². The molecule has 0 spiro atoms. The van der Waals surface area contributed by atoms with E-state index >= 15 is 0 Å². The van der Waals surface area contributed by atoms with Crippen LogP contribution in [-0.2, 0) is 0 Å². The summed E-state index contributed by atoms with van der Waals surface area (Å²) in [6, 6.07) is 22.4. The maximum atomic E-state index is 13.3. The van der Waals surface area contributed by atoms with Gasteiger partial charge in [0.05, 0.1) is 6.04 Å². The number of fused-ring (bicyclic) bond motifs is 8. The Labute approximate surface area is 172 Å². The number of aromatic nitrogens is 1. The summed E-state index contributed by atoms with van der Waals surface area (Å²) in [7, 11) is 0. The number of hydrogen-bond acceptors (Lipinski definition) is 3. The van der Waals surface area contributed by atoms with Gasteiger partial charge in [-0.25, -0.2) is 0 Å². The highest BCUT2D eigenvalue weighted by molar-refractivity contribution is 6.01. The number of carbonyl (C=O) groups is 1. The summed E-state index contributed by atoms with van der Waals surface area (Å²) < 4.78 is 11.1. The molecule has 5 nitrogen and oxygen atoms in total. The van der Waals surface area contributed by atoms with Gasteiger partial charge >= 0.3 is 0 Å². The molecule has 0 aliphatic carbocycles. The Bertz CT molecular complexity index is 1360. The first-order valence-electron chi connectivity index (χ1n) is 10.2. The van der Waals surface area contributed by atoms with Crippen LogP contribution in [0.15, 0.2) is 66.7 Å². The molecule has 3 aliphatic heterocycles. The summed E-state index contributed by atoms with van der Waals surface area (Å²) >= 11 is 0. The second-order valence-electron chi connectivity index (χ2n) is 8.11. The lowest BCUT2D eigenvalue weighted by molar-refractivity contribution is 0.0727. The third-order valence-corrected chi connectivity index (χ3v) is 6.64. The van der Waals surface area contributed by atoms with Gasteiger partial charge in [-0.05, 0) is 41.0 Å². The highest BCUT2D eigenvalue weighted by atomic mass is 16.7. The third-order valence-electron chi connectivity index (χ3n) is 6.64. The normalized spacial score (nSPS) is 20.9. The molecule has 5 heteroatoms. The Morgan fingerprint density at radius 2 is 1.77 bits per heavy atom. The quantitative estimate of drug-likeness (QED) is 0.514. The van der Waals surface area contributed by atoms with Crippen LogP contribution < -0.4 is 9.47 Å². The largest absolute Gasteiger partial charge is 0.454 e. The van der Waals surface area contributed by atoms with Gasteiger partial charge in [0, 0.05) is 34.6 Å². The number of nitrogens with zero attached hydrogens (tertiary/aromatic N) is 1. The Kier molecular flexibility index (Phi) is 3.04. The number of H-pyrrole nitrogens is 1. The number of nitrogens with one attached hydrogen (secondary N) is 1. The minimum Gasteiger partial charge on any atom is -0.454 e. The zero-order valence-electron chi connectivity index (χ0n) is 16.1. The first-order chi connectivity index (χ1) is 14.8. The molecule has 0 bridgehead atoms. The number of aromatic amines is 1. The van der Waals surface area contributed by atoms with E-state index in [9.17, 15) is 4.79 Å². The summed E-state index contributed by atoms with van der Waals surface area (Å²) in [5.41, 5.74) is 6.51. The van der Waals surface area contributed by atoms with Gasteiger partial charge in [0.1, 0.15) is 0 Å². The van der Waals surface area contributed by atoms with Gasteiger partial charge in [-0.15, -0.1) is 0 Å². The molecule has 4 heterocycles. The highest BCUT2D eigenvalue weighted by Crippen LogP contribution is 2.50. The molecule has 146 valence electrons. The smallest absolute Gasteiger partial charge is 0.255 e. The van der Waals surface area contributed by atoms with Crippen LogP contribution in [0.3, 0.4) is 0 Å².